The van der Waals surface area contributed by atoms with Crippen molar-refractivity contribution < 1.29 is 13.2 Å². The Kier molecular flexibility index (Phi) is 7.60. The predicted molar refractivity (Wildman–Crippen MR) is 114 cm³/mol. The maximum absolute atomic E-state index is 12.3. The number of aryl methyl sites for hydroxylation is 2. The molecule has 0 atom stereocenters. The number of carbonyl (C=O) groups is 1. The van der Waals surface area contributed by atoms with Gasteiger partial charge in [-0.15, -0.1) is 0 Å². The van der Waals surface area contributed by atoms with Gasteiger partial charge in [-0.2, -0.15) is 5.10 Å². The minimum atomic E-state index is -3.67. The first-order valence-electron chi connectivity index (χ1n) is 8.76. The van der Waals surface area contributed by atoms with Crippen LogP contribution in [0.1, 0.15) is 24.5 Å². The van der Waals surface area contributed by atoms with Gasteiger partial charge in [0.2, 0.25) is 10.0 Å². The molecule has 2 aromatic carbocycles. The zero-order valence-electron chi connectivity index (χ0n) is 16.1. The quantitative estimate of drug-likeness (QED) is 0.523. The summed E-state index contributed by atoms with van der Waals surface area (Å²) in [6.07, 6.45) is 2.55. The van der Waals surface area contributed by atoms with Gasteiger partial charge in [0.25, 0.3) is 5.91 Å². The summed E-state index contributed by atoms with van der Waals surface area (Å²) in [6, 6.07) is 14.9. The predicted octanol–water partition coefficient (Wildman–Crippen LogP) is 3.54. The number of rotatable bonds is 8. The molecule has 1 N–H and O–H groups in total. The summed E-state index contributed by atoms with van der Waals surface area (Å²) in [7, 11) is -3.67. The summed E-state index contributed by atoms with van der Waals surface area (Å²) < 4.78 is 25.4. The van der Waals surface area contributed by atoms with Crippen LogP contribution in [0.3, 0.4) is 0 Å². The van der Waals surface area contributed by atoms with Crippen molar-refractivity contribution >= 4 is 38.9 Å². The molecule has 8 heteroatoms. The Hall–Kier alpha value is -2.38. The maximum Gasteiger partial charge on any atom is 0.260 e. The van der Waals surface area contributed by atoms with Gasteiger partial charge >= 0.3 is 0 Å². The number of carbonyl (C=O) groups excluding carboxylic acids is 1. The molecule has 1 amide bonds. The second kappa shape index (κ2) is 9.71. The molecule has 28 heavy (non-hydrogen) atoms. The van der Waals surface area contributed by atoms with Gasteiger partial charge in [0, 0.05) is 10.7 Å². The number of anilines is 1. The van der Waals surface area contributed by atoms with Crippen LogP contribution < -0.4 is 9.73 Å². The molecule has 0 fully saturated rings. The van der Waals surface area contributed by atoms with E-state index in [-0.39, 0.29) is 6.54 Å². The SMILES string of the molecule is C/C(CCc1ccccc1)=N/NC(=O)CN(c1cc(Cl)ccc1C)S(C)(=O)=O. The monoisotopic (exact) mass is 421 g/mol. The molecule has 150 valence electrons. The highest BCUT2D eigenvalue weighted by Gasteiger charge is 2.22. The number of hydrogen-bond donors (Lipinski definition) is 1. The molecule has 0 radical (unpaired) electrons. The molecule has 0 aliphatic rings. The Morgan fingerprint density at radius 2 is 1.86 bits per heavy atom. The fraction of sp³-hybridized carbons (Fsp3) is 0.300. The van der Waals surface area contributed by atoms with Crippen molar-refractivity contribution in [2.75, 3.05) is 17.1 Å². The van der Waals surface area contributed by atoms with E-state index in [9.17, 15) is 13.2 Å². The van der Waals surface area contributed by atoms with Crippen LogP contribution in [0.25, 0.3) is 0 Å². The Morgan fingerprint density at radius 1 is 1.18 bits per heavy atom. The van der Waals surface area contributed by atoms with Crippen LogP contribution in [0.5, 0.6) is 0 Å². The van der Waals surface area contributed by atoms with Crippen LogP contribution in [-0.2, 0) is 21.2 Å². The Balaban J connectivity index is 2.03. The van der Waals surface area contributed by atoms with Crippen molar-refractivity contribution in [3.8, 4) is 0 Å². The van der Waals surface area contributed by atoms with Gasteiger partial charge in [-0.05, 0) is 49.9 Å². The van der Waals surface area contributed by atoms with E-state index >= 15 is 0 Å². The highest BCUT2D eigenvalue weighted by molar-refractivity contribution is 7.92. The van der Waals surface area contributed by atoms with E-state index in [1.165, 1.54) is 11.6 Å². The third kappa shape index (κ3) is 6.65. The van der Waals surface area contributed by atoms with E-state index in [1.54, 1.807) is 19.1 Å². The first-order valence-corrected chi connectivity index (χ1v) is 11.0. The molecule has 0 aromatic heterocycles. The van der Waals surface area contributed by atoms with Gasteiger partial charge in [0.1, 0.15) is 6.54 Å². The lowest BCUT2D eigenvalue weighted by Crippen LogP contribution is -2.39. The van der Waals surface area contributed by atoms with Gasteiger partial charge in [-0.3, -0.25) is 9.10 Å². The highest BCUT2D eigenvalue weighted by Crippen LogP contribution is 2.26. The van der Waals surface area contributed by atoms with E-state index < -0.39 is 15.9 Å². The zero-order valence-corrected chi connectivity index (χ0v) is 17.7. The van der Waals surface area contributed by atoms with Crippen molar-refractivity contribution in [3.63, 3.8) is 0 Å². The van der Waals surface area contributed by atoms with E-state index in [0.29, 0.717) is 22.7 Å². The Morgan fingerprint density at radius 3 is 2.50 bits per heavy atom. The van der Waals surface area contributed by atoms with Gasteiger partial charge < -0.3 is 0 Å². The Labute approximate surface area is 171 Å². The van der Waals surface area contributed by atoms with Crippen LogP contribution in [0.2, 0.25) is 5.02 Å². The zero-order chi connectivity index (χ0) is 20.7. The topological polar surface area (TPSA) is 78.8 Å². The number of amides is 1. The number of benzene rings is 2. The third-order valence-electron chi connectivity index (χ3n) is 4.12. The fourth-order valence-corrected chi connectivity index (χ4v) is 3.65. The van der Waals surface area contributed by atoms with Gasteiger partial charge in [0.15, 0.2) is 0 Å². The summed E-state index contributed by atoms with van der Waals surface area (Å²) in [5, 5.41) is 4.47. The lowest BCUT2D eigenvalue weighted by atomic mass is 10.1. The van der Waals surface area contributed by atoms with Crippen LogP contribution in [-0.4, -0.2) is 32.8 Å². The van der Waals surface area contributed by atoms with E-state index in [1.807, 2.05) is 37.3 Å². The molecule has 2 rings (SSSR count). The van der Waals surface area contributed by atoms with E-state index in [4.69, 9.17) is 11.6 Å². The molecule has 0 aliphatic carbocycles. The van der Waals surface area contributed by atoms with Gasteiger partial charge in [-0.25, -0.2) is 13.8 Å². The highest BCUT2D eigenvalue weighted by atomic mass is 35.5. The minimum Gasteiger partial charge on any atom is -0.271 e. The van der Waals surface area contributed by atoms with Crippen molar-refractivity contribution in [1.82, 2.24) is 5.43 Å². The lowest BCUT2D eigenvalue weighted by molar-refractivity contribution is -0.119. The second-order valence-electron chi connectivity index (χ2n) is 6.57. The van der Waals surface area contributed by atoms with Crippen molar-refractivity contribution in [2.45, 2.75) is 26.7 Å². The summed E-state index contributed by atoms with van der Waals surface area (Å²) in [5.41, 5.74) is 5.44. The molecule has 0 bridgehead atoms. The molecule has 0 saturated heterocycles. The summed E-state index contributed by atoms with van der Waals surface area (Å²) in [6.45, 7) is 3.20. The van der Waals surface area contributed by atoms with Crippen molar-refractivity contribution in [2.24, 2.45) is 5.10 Å². The average Bonchev–Trinajstić information content (AvgIpc) is 2.65. The molecular formula is C20H24ClN3O3S. The van der Waals surface area contributed by atoms with E-state index in [0.717, 1.165) is 22.7 Å². The summed E-state index contributed by atoms with van der Waals surface area (Å²) >= 11 is 5.99. The van der Waals surface area contributed by atoms with E-state index in [2.05, 4.69) is 10.5 Å². The first-order chi connectivity index (χ1) is 13.2. The second-order valence-corrected chi connectivity index (χ2v) is 8.91. The smallest absolute Gasteiger partial charge is 0.260 e. The lowest BCUT2D eigenvalue weighted by Gasteiger charge is -2.23. The molecule has 6 nitrogen and oxygen atoms in total. The number of nitrogens with one attached hydrogen (secondary N) is 1. The normalized spacial score (nSPS) is 11.9. The fourth-order valence-electron chi connectivity index (χ4n) is 2.58. The molecular weight excluding hydrogens is 398 g/mol. The third-order valence-corrected chi connectivity index (χ3v) is 5.48. The maximum atomic E-state index is 12.3. The molecule has 0 spiro atoms. The summed E-state index contributed by atoms with van der Waals surface area (Å²) in [4.78, 5) is 12.3. The number of nitrogens with zero attached hydrogens (tertiary/aromatic N) is 2. The largest absolute Gasteiger partial charge is 0.271 e. The first kappa shape index (κ1) is 21.9. The Bertz CT molecular complexity index is 960. The molecule has 0 saturated carbocycles. The van der Waals surface area contributed by atoms with Gasteiger partial charge in [0.05, 0.1) is 11.9 Å². The van der Waals surface area contributed by atoms with Crippen LogP contribution in [0, 0.1) is 6.92 Å². The summed E-state index contributed by atoms with van der Waals surface area (Å²) in [5.74, 6) is -0.524. The van der Waals surface area contributed by atoms with Crippen LogP contribution >= 0.6 is 11.6 Å². The number of sulfonamides is 1. The van der Waals surface area contributed by atoms with Crippen molar-refractivity contribution in [1.29, 1.82) is 0 Å². The standard InChI is InChI=1S/C20H24ClN3O3S/c1-15-9-12-18(21)13-19(15)24(28(3,26)27)14-20(25)23-22-16(2)10-11-17-7-5-4-6-8-17/h4-9,12-13H,10-11,14H2,1-3H3,(H,23,25)/b22-16-. The number of hydrogen-bond acceptors (Lipinski definition) is 4. The molecule has 0 heterocycles. The molecule has 0 unspecified atom stereocenters. The van der Waals surface area contributed by atoms with Crippen LogP contribution in [0.4, 0.5) is 5.69 Å². The number of halogens is 1. The minimum absolute atomic E-state index is 0.370. The number of hydrazone groups is 1. The molecule has 2 aromatic rings. The van der Waals surface area contributed by atoms with Crippen LogP contribution in [0.15, 0.2) is 53.6 Å². The average molecular weight is 422 g/mol. The molecule has 0 aliphatic heterocycles. The van der Waals surface area contributed by atoms with Gasteiger partial charge in [-0.1, -0.05) is 48.0 Å². The van der Waals surface area contributed by atoms with Crippen molar-refractivity contribution in [3.05, 3.63) is 64.7 Å².